The first-order chi connectivity index (χ1) is 13.7. The molecule has 0 amide bonds. The second-order valence-electron chi connectivity index (χ2n) is 6.07. The Balaban J connectivity index is 1.72. The Bertz CT molecular complexity index is 1080. The highest BCUT2D eigenvalue weighted by Crippen LogP contribution is 2.31. The molecule has 1 aliphatic rings. The van der Waals surface area contributed by atoms with Crippen LogP contribution in [0.1, 0.15) is 24.5 Å². The van der Waals surface area contributed by atoms with E-state index in [0.717, 1.165) is 0 Å². The first kappa shape index (κ1) is 21.6. The Kier molecular flexibility index (Phi) is 6.49. The number of ketones is 1. The molecule has 0 saturated carbocycles. The van der Waals surface area contributed by atoms with Crippen LogP contribution < -0.4 is 10.1 Å². The highest BCUT2D eigenvalue weighted by molar-refractivity contribution is 14.1. The normalized spacial score (nSPS) is 15.8. The van der Waals surface area contributed by atoms with Crippen LogP contribution in [0.25, 0.3) is 0 Å². The number of anilines is 1. The number of sulfonamides is 1. The lowest BCUT2D eigenvalue weighted by atomic mass is 10.0. The molecule has 0 aliphatic carbocycles. The molecule has 1 atom stereocenters. The number of para-hydroxylation sites is 1. The summed E-state index contributed by atoms with van der Waals surface area (Å²) in [7, 11) is -4.04. The van der Waals surface area contributed by atoms with Crippen LogP contribution in [0.15, 0.2) is 51.8 Å². The van der Waals surface area contributed by atoms with Crippen molar-refractivity contribution in [1.29, 1.82) is 0 Å². The van der Waals surface area contributed by atoms with Gasteiger partial charge in [0.1, 0.15) is 10.6 Å². The zero-order valence-electron chi connectivity index (χ0n) is 14.7. The highest BCUT2D eigenvalue weighted by Gasteiger charge is 2.28. The topological polar surface area (TPSA) is 105 Å². The van der Waals surface area contributed by atoms with Gasteiger partial charge in [0, 0.05) is 15.6 Å². The molecule has 1 unspecified atom stereocenters. The van der Waals surface area contributed by atoms with Gasteiger partial charge in [0.05, 0.1) is 11.8 Å². The van der Waals surface area contributed by atoms with Gasteiger partial charge in [-0.2, -0.15) is 17.2 Å². The minimum absolute atomic E-state index is 0.0286. The molecule has 0 radical (unpaired) electrons. The number of benzene rings is 2. The number of Topliss-reactive ketones (excluding diaryl/α,β-unsaturated/α-hetero) is 1. The number of carbonyl (C=O) groups is 1. The van der Waals surface area contributed by atoms with E-state index in [2.05, 4.69) is 14.5 Å². The maximum Gasteiger partial charge on any atom is 0.387 e. The van der Waals surface area contributed by atoms with E-state index in [-0.39, 0.29) is 40.6 Å². The standard InChI is InChI=1S/C18H15F2IN2O5S/c19-18(20)28-15-4-2-1-3-11(15)13(24)7-8-14(25)17-22-12-6-5-10(21)9-16(12)29(26,27)23-17/h1-6,9,13,18,24H,7-8H2,(H,22,23). The Morgan fingerprint density at radius 3 is 2.69 bits per heavy atom. The maximum absolute atomic E-state index is 12.5. The average Bonchev–Trinajstić information content (AvgIpc) is 2.66. The smallest absolute Gasteiger partial charge is 0.387 e. The molecule has 2 N–H and O–H groups in total. The van der Waals surface area contributed by atoms with E-state index in [1.165, 1.54) is 36.4 Å². The van der Waals surface area contributed by atoms with Gasteiger partial charge in [-0.15, -0.1) is 4.40 Å². The fourth-order valence-corrected chi connectivity index (χ4v) is 4.62. The van der Waals surface area contributed by atoms with Gasteiger partial charge in [0.2, 0.25) is 0 Å². The Morgan fingerprint density at radius 1 is 1.24 bits per heavy atom. The van der Waals surface area contributed by atoms with Gasteiger partial charge in [0.25, 0.3) is 10.0 Å². The largest absolute Gasteiger partial charge is 0.434 e. The van der Waals surface area contributed by atoms with Crippen molar-refractivity contribution in [3.8, 4) is 5.75 Å². The molecule has 0 saturated heterocycles. The lowest BCUT2D eigenvalue weighted by molar-refractivity contribution is -0.113. The lowest BCUT2D eigenvalue weighted by Crippen LogP contribution is -2.29. The molecule has 3 rings (SSSR count). The van der Waals surface area contributed by atoms with Crippen LogP contribution in [0.3, 0.4) is 0 Å². The van der Waals surface area contributed by atoms with Crippen molar-refractivity contribution in [1.82, 2.24) is 0 Å². The number of hydrogen-bond donors (Lipinski definition) is 2. The predicted molar refractivity (Wildman–Crippen MR) is 110 cm³/mol. The number of fused-ring (bicyclic) bond motifs is 1. The fraction of sp³-hybridized carbons (Fsp3) is 0.222. The molecule has 0 spiro atoms. The van der Waals surface area contributed by atoms with Gasteiger partial charge in [-0.05, 0) is 53.3 Å². The summed E-state index contributed by atoms with van der Waals surface area (Å²) >= 11 is 1.96. The van der Waals surface area contributed by atoms with Gasteiger partial charge in [-0.25, -0.2) is 0 Å². The Morgan fingerprint density at radius 2 is 1.97 bits per heavy atom. The number of nitrogens with one attached hydrogen (secondary N) is 1. The van der Waals surface area contributed by atoms with Crippen molar-refractivity contribution in [2.45, 2.75) is 30.5 Å². The summed E-state index contributed by atoms with van der Waals surface area (Å²) in [6.07, 6.45) is -1.66. The average molecular weight is 536 g/mol. The summed E-state index contributed by atoms with van der Waals surface area (Å²) < 4.78 is 58.2. The maximum atomic E-state index is 12.5. The number of aliphatic hydroxyl groups excluding tert-OH is 1. The molecule has 1 aliphatic heterocycles. The SMILES string of the molecule is O=C(CCC(O)c1ccccc1OC(F)F)C1=NS(=O)(=O)c2cc(I)ccc2N1. The van der Waals surface area contributed by atoms with Crippen molar-refractivity contribution in [3.63, 3.8) is 0 Å². The van der Waals surface area contributed by atoms with Crippen LogP contribution in [0.2, 0.25) is 0 Å². The van der Waals surface area contributed by atoms with E-state index in [1.54, 1.807) is 6.07 Å². The number of carbonyl (C=O) groups excluding carboxylic acids is 1. The van der Waals surface area contributed by atoms with Gasteiger partial charge >= 0.3 is 6.61 Å². The van der Waals surface area contributed by atoms with Crippen molar-refractivity contribution >= 4 is 49.9 Å². The molecule has 154 valence electrons. The highest BCUT2D eigenvalue weighted by atomic mass is 127. The third-order valence-corrected chi connectivity index (χ3v) is 6.08. The summed E-state index contributed by atoms with van der Waals surface area (Å²) in [6.45, 7) is -3.06. The summed E-state index contributed by atoms with van der Waals surface area (Å²) in [4.78, 5) is 12.4. The van der Waals surface area contributed by atoms with Crippen LogP contribution >= 0.6 is 22.6 Å². The summed E-state index contributed by atoms with van der Waals surface area (Å²) in [5, 5.41) is 13.0. The van der Waals surface area contributed by atoms with E-state index >= 15 is 0 Å². The summed E-state index contributed by atoms with van der Waals surface area (Å²) in [5.74, 6) is -1.19. The van der Waals surface area contributed by atoms with E-state index < -0.39 is 28.5 Å². The van der Waals surface area contributed by atoms with Gasteiger partial charge in [0.15, 0.2) is 11.6 Å². The molecule has 0 aromatic heterocycles. The second kappa shape index (κ2) is 8.71. The molecule has 7 nitrogen and oxygen atoms in total. The van der Waals surface area contributed by atoms with E-state index in [4.69, 9.17) is 0 Å². The number of hydrogen-bond acceptors (Lipinski definition) is 6. The minimum Gasteiger partial charge on any atom is -0.434 e. The number of halogens is 3. The lowest BCUT2D eigenvalue weighted by Gasteiger charge is -2.18. The molecule has 0 bridgehead atoms. The number of ether oxygens (including phenoxy) is 1. The third-order valence-electron chi connectivity index (χ3n) is 4.09. The van der Waals surface area contributed by atoms with Gasteiger partial charge in [-0.3, -0.25) is 4.79 Å². The first-order valence-corrected chi connectivity index (χ1v) is 10.9. The van der Waals surface area contributed by atoms with Crippen molar-refractivity contribution in [3.05, 3.63) is 51.6 Å². The van der Waals surface area contributed by atoms with Crippen molar-refractivity contribution in [2.75, 3.05) is 5.32 Å². The van der Waals surface area contributed by atoms with E-state index in [9.17, 15) is 27.1 Å². The molecule has 0 fully saturated rings. The molecule has 2 aromatic rings. The number of nitrogens with zero attached hydrogens (tertiary/aromatic N) is 1. The summed E-state index contributed by atoms with van der Waals surface area (Å²) in [6, 6.07) is 10.4. The van der Waals surface area contributed by atoms with Crippen LogP contribution in [0.4, 0.5) is 14.5 Å². The van der Waals surface area contributed by atoms with Crippen LogP contribution in [-0.4, -0.2) is 31.8 Å². The number of alkyl halides is 2. The zero-order chi connectivity index (χ0) is 21.2. The third kappa shape index (κ3) is 5.08. The van der Waals surface area contributed by atoms with E-state index in [1.807, 2.05) is 22.6 Å². The zero-order valence-corrected chi connectivity index (χ0v) is 17.7. The Labute approximate surface area is 179 Å². The number of aliphatic hydroxyl groups is 1. The predicted octanol–water partition coefficient (Wildman–Crippen LogP) is 3.49. The monoisotopic (exact) mass is 536 g/mol. The Hall–Kier alpha value is -2.12. The van der Waals surface area contributed by atoms with Crippen LogP contribution in [0, 0.1) is 3.57 Å². The van der Waals surface area contributed by atoms with Gasteiger partial charge in [-0.1, -0.05) is 18.2 Å². The van der Waals surface area contributed by atoms with Gasteiger partial charge < -0.3 is 15.2 Å². The molecule has 2 aromatic carbocycles. The number of rotatable bonds is 7. The fourth-order valence-electron chi connectivity index (χ4n) is 2.75. The van der Waals surface area contributed by atoms with Crippen LogP contribution in [-0.2, 0) is 14.8 Å². The molecule has 29 heavy (non-hydrogen) atoms. The number of amidine groups is 1. The molecule has 11 heteroatoms. The minimum atomic E-state index is -4.04. The quantitative estimate of drug-likeness (QED) is 0.526. The van der Waals surface area contributed by atoms with Crippen molar-refractivity contribution in [2.24, 2.45) is 4.40 Å². The second-order valence-corrected chi connectivity index (χ2v) is 8.89. The molecule has 1 heterocycles. The van der Waals surface area contributed by atoms with Crippen LogP contribution in [0.5, 0.6) is 5.75 Å². The molecular formula is C18H15F2IN2O5S. The van der Waals surface area contributed by atoms with Crippen molar-refractivity contribution < 1.29 is 31.8 Å². The first-order valence-electron chi connectivity index (χ1n) is 8.34. The van der Waals surface area contributed by atoms with E-state index in [0.29, 0.717) is 3.57 Å². The molecular weight excluding hydrogens is 521 g/mol. The summed E-state index contributed by atoms with van der Waals surface area (Å²) in [5.41, 5.74) is 0.340.